The van der Waals surface area contributed by atoms with Crippen LogP contribution in [0.3, 0.4) is 0 Å². The van der Waals surface area contributed by atoms with E-state index in [4.69, 9.17) is 16.7 Å². The van der Waals surface area contributed by atoms with E-state index in [9.17, 15) is 4.79 Å². The Labute approximate surface area is 129 Å². The first kappa shape index (κ1) is 15.4. The fourth-order valence-electron chi connectivity index (χ4n) is 2.29. The molecule has 0 bridgehead atoms. The quantitative estimate of drug-likeness (QED) is 0.872. The molecule has 0 heterocycles. The highest BCUT2D eigenvalue weighted by molar-refractivity contribution is 6.30. The Hall–Kier alpha value is -2.00. The molecule has 0 unspecified atom stereocenters. The second kappa shape index (κ2) is 7.14. The van der Waals surface area contributed by atoms with Crippen LogP contribution < -0.4 is 4.90 Å². The molecule has 0 saturated heterocycles. The molecule has 21 heavy (non-hydrogen) atoms. The number of hydrogen-bond donors (Lipinski definition) is 1. The number of rotatable bonds is 6. The third-order valence-electron chi connectivity index (χ3n) is 3.31. The Bertz CT molecular complexity index is 628. The standard InChI is InChI=1S/C17H18ClNO2/c1-13-5-2-3-8-16(13)19(10-9-17(20)21)12-14-6-4-7-15(18)11-14/h2-8,11H,9-10,12H2,1H3,(H,20,21). The Balaban J connectivity index is 2.23. The molecule has 0 saturated carbocycles. The molecule has 0 atom stereocenters. The lowest BCUT2D eigenvalue weighted by Gasteiger charge is -2.26. The van der Waals surface area contributed by atoms with E-state index in [-0.39, 0.29) is 6.42 Å². The molecule has 2 aromatic carbocycles. The summed E-state index contributed by atoms with van der Waals surface area (Å²) in [5.41, 5.74) is 3.25. The number of anilines is 1. The van der Waals surface area contributed by atoms with Gasteiger partial charge >= 0.3 is 5.97 Å². The second-order valence-electron chi connectivity index (χ2n) is 4.98. The van der Waals surface area contributed by atoms with E-state index in [2.05, 4.69) is 4.90 Å². The maximum absolute atomic E-state index is 10.9. The van der Waals surface area contributed by atoms with Gasteiger partial charge in [-0.2, -0.15) is 0 Å². The number of aliphatic carboxylic acids is 1. The minimum atomic E-state index is -0.792. The van der Waals surface area contributed by atoms with Crippen molar-refractivity contribution in [1.29, 1.82) is 0 Å². The van der Waals surface area contributed by atoms with Gasteiger partial charge in [-0.05, 0) is 36.2 Å². The first-order chi connectivity index (χ1) is 10.1. The average Bonchev–Trinajstić information content (AvgIpc) is 2.44. The van der Waals surface area contributed by atoms with Gasteiger partial charge in [-0.3, -0.25) is 4.79 Å². The third-order valence-corrected chi connectivity index (χ3v) is 3.55. The molecule has 110 valence electrons. The first-order valence-corrected chi connectivity index (χ1v) is 7.21. The Morgan fingerprint density at radius 3 is 2.62 bits per heavy atom. The first-order valence-electron chi connectivity index (χ1n) is 6.83. The fraction of sp³-hybridized carbons (Fsp3) is 0.235. The number of para-hydroxylation sites is 1. The molecule has 2 aromatic rings. The molecule has 0 fully saturated rings. The van der Waals surface area contributed by atoms with Gasteiger partial charge in [0.1, 0.15) is 0 Å². The highest BCUT2D eigenvalue weighted by Crippen LogP contribution is 2.22. The van der Waals surface area contributed by atoms with E-state index in [1.54, 1.807) is 0 Å². The smallest absolute Gasteiger partial charge is 0.305 e. The van der Waals surface area contributed by atoms with Gasteiger partial charge in [0, 0.05) is 23.8 Å². The van der Waals surface area contributed by atoms with Gasteiger partial charge in [0.15, 0.2) is 0 Å². The maximum Gasteiger partial charge on any atom is 0.305 e. The molecule has 0 aromatic heterocycles. The van der Waals surface area contributed by atoms with Crippen molar-refractivity contribution in [2.75, 3.05) is 11.4 Å². The number of carbonyl (C=O) groups is 1. The zero-order chi connectivity index (χ0) is 15.2. The topological polar surface area (TPSA) is 40.5 Å². The van der Waals surface area contributed by atoms with Crippen molar-refractivity contribution in [3.05, 3.63) is 64.7 Å². The predicted molar refractivity (Wildman–Crippen MR) is 85.9 cm³/mol. The normalized spacial score (nSPS) is 10.4. The number of nitrogens with zero attached hydrogens (tertiary/aromatic N) is 1. The lowest BCUT2D eigenvalue weighted by Crippen LogP contribution is -2.26. The molecule has 2 rings (SSSR count). The molecular formula is C17H18ClNO2. The lowest BCUT2D eigenvalue weighted by molar-refractivity contribution is -0.136. The summed E-state index contributed by atoms with van der Waals surface area (Å²) in [5.74, 6) is -0.792. The summed E-state index contributed by atoms with van der Waals surface area (Å²) in [5, 5.41) is 9.63. The zero-order valence-electron chi connectivity index (χ0n) is 11.9. The molecule has 0 amide bonds. The van der Waals surface area contributed by atoms with E-state index in [1.165, 1.54) is 0 Å². The van der Waals surface area contributed by atoms with Crippen LogP contribution in [-0.2, 0) is 11.3 Å². The monoisotopic (exact) mass is 303 g/mol. The number of aryl methyl sites for hydroxylation is 1. The van der Waals surface area contributed by atoms with Crippen LogP contribution in [0.4, 0.5) is 5.69 Å². The number of halogens is 1. The number of hydrogen-bond acceptors (Lipinski definition) is 2. The summed E-state index contributed by atoms with van der Waals surface area (Å²) in [4.78, 5) is 13.0. The molecule has 0 aliphatic rings. The van der Waals surface area contributed by atoms with Crippen molar-refractivity contribution in [3.63, 3.8) is 0 Å². The van der Waals surface area contributed by atoms with Crippen molar-refractivity contribution >= 4 is 23.3 Å². The molecule has 0 aliphatic carbocycles. The predicted octanol–water partition coefficient (Wildman–Crippen LogP) is 4.13. The summed E-state index contributed by atoms with van der Waals surface area (Å²) in [7, 11) is 0. The van der Waals surface area contributed by atoms with Crippen molar-refractivity contribution in [1.82, 2.24) is 0 Å². The summed E-state index contributed by atoms with van der Waals surface area (Å²) in [6.45, 7) is 3.13. The van der Waals surface area contributed by atoms with Gasteiger partial charge in [-0.1, -0.05) is 41.9 Å². The van der Waals surface area contributed by atoms with Gasteiger partial charge < -0.3 is 10.0 Å². The Kier molecular flexibility index (Phi) is 5.23. The third kappa shape index (κ3) is 4.50. The molecule has 4 heteroatoms. The summed E-state index contributed by atoms with van der Waals surface area (Å²) in [6.07, 6.45) is 0.106. The van der Waals surface area contributed by atoms with Gasteiger partial charge in [-0.25, -0.2) is 0 Å². The highest BCUT2D eigenvalue weighted by atomic mass is 35.5. The molecule has 1 N–H and O–H groups in total. The van der Waals surface area contributed by atoms with Crippen LogP contribution in [0.25, 0.3) is 0 Å². The minimum Gasteiger partial charge on any atom is -0.481 e. The van der Waals surface area contributed by atoms with E-state index in [1.807, 2.05) is 55.5 Å². The largest absolute Gasteiger partial charge is 0.481 e. The zero-order valence-corrected chi connectivity index (χ0v) is 12.7. The Morgan fingerprint density at radius 2 is 1.95 bits per heavy atom. The van der Waals surface area contributed by atoms with Crippen LogP contribution >= 0.6 is 11.6 Å². The fourth-order valence-corrected chi connectivity index (χ4v) is 2.50. The summed E-state index contributed by atoms with van der Waals surface area (Å²) >= 11 is 6.02. The van der Waals surface area contributed by atoms with E-state index in [0.29, 0.717) is 18.1 Å². The van der Waals surface area contributed by atoms with Crippen molar-refractivity contribution in [2.45, 2.75) is 19.9 Å². The van der Waals surface area contributed by atoms with E-state index < -0.39 is 5.97 Å². The second-order valence-corrected chi connectivity index (χ2v) is 5.42. The van der Waals surface area contributed by atoms with Gasteiger partial charge in [0.25, 0.3) is 0 Å². The van der Waals surface area contributed by atoms with Crippen molar-refractivity contribution in [2.24, 2.45) is 0 Å². The highest BCUT2D eigenvalue weighted by Gasteiger charge is 2.11. The van der Waals surface area contributed by atoms with Crippen LogP contribution in [0.2, 0.25) is 5.02 Å². The molecule has 0 aliphatic heterocycles. The van der Waals surface area contributed by atoms with Crippen LogP contribution in [0, 0.1) is 6.92 Å². The van der Waals surface area contributed by atoms with Gasteiger partial charge in [0.2, 0.25) is 0 Å². The lowest BCUT2D eigenvalue weighted by atomic mass is 10.1. The average molecular weight is 304 g/mol. The van der Waals surface area contributed by atoms with E-state index in [0.717, 1.165) is 16.8 Å². The minimum absolute atomic E-state index is 0.106. The number of carboxylic acid groups (broad SMARTS) is 1. The Morgan fingerprint density at radius 1 is 1.19 bits per heavy atom. The van der Waals surface area contributed by atoms with Gasteiger partial charge in [0.05, 0.1) is 6.42 Å². The van der Waals surface area contributed by atoms with Crippen LogP contribution in [0.1, 0.15) is 17.5 Å². The van der Waals surface area contributed by atoms with Crippen molar-refractivity contribution in [3.8, 4) is 0 Å². The van der Waals surface area contributed by atoms with Crippen LogP contribution in [-0.4, -0.2) is 17.6 Å². The SMILES string of the molecule is Cc1ccccc1N(CCC(=O)O)Cc1cccc(Cl)c1. The summed E-state index contributed by atoms with van der Waals surface area (Å²) < 4.78 is 0. The van der Waals surface area contributed by atoms with Gasteiger partial charge in [-0.15, -0.1) is 0 Å². The number of carboxylic acids is 1. The summed E-state index contributed by atoms with van der Waals surface area (Å²) in [6, 6.07) is 15.6. The maximum atomic E-state index is 10.9. The van der Waals surface area contributed by atoms with Crippen LogP contribution in [0.15, 0.2) is 48.5 Å². The van der Waals surface area contributed by atoms with Crippen molar-refractivity contribution < 1.29 is 9.90 Å². The number of benzene rings is 2. The molecule has 3 nitrogen and oxygen atoms in total. The van der Waals surface area contributed by atoms with E-state index >= 15 is 0 Å². The molecular weight excluding hydrogens is 286 g/mol. The molecule has 0 radical (unpaired) electrons. The molecule has 0 spiro atoms. The van der Waals surface area contributed by atoms with Crippen LogP contribution in [0.5, 0.6) is 0 Å².